The van der Waals surface area contributed by atoms with Crippen molar-refractivity contribution in [2.45, 2.75) is 26.3 Å². The summed E-state index contributed by atoms with van der Waals surface area (Å²) in [6.07, 6.45) is 0.805. The van der Waals surface area contributed by atoms with E-state index in [1.165, 1.54) is 4.90 Å². The molecule has 1 fully saturated rings. The van der Waals surface area contributed by atoms with Crippen LogP contribution in [0.5, 0.6) is 0 Å². The highest BCUT2D eigenvalue weighted by molar-refractivity contribution is 6.02. The number of amides is 3. The van der Waals surface area contributed by atoms with Crippen LogP contribution < -0.4 is 5.32 Å². The number of rotatable bonds is 2. The fourth-order valence-corrected chi connectivity index (χ4v) is 1.06. The van der Waals surface area contributed by atoms with Crippen molar-refractivity contribution in [3.63, 3.8) is 0 Å². The van der Waals surface area contributed by atoms with Crippen LogP contribution in [-0.2, 0) is 4.79 Å². The molecule has 0 aromatic heterocycles. The summed E-state index contributed by atoms with van der Waals surface area (Å²) >= 11 is 0. The second-order valence-electron chi connectivity index (χ2n) is 2.68. The van der Waals surface area contributed by atoms with Crippen LogP contribution >= 0.6 is 0 Å². The lowest BCUT2D eigenvalue weighted by atomic mass is 10.2. The molecular formula is C7H12N2O2. The van der Waals surface area contributed by atoms with Gasteiger partial charge in [0.25, 0.3) is 0 Å². The summed E-state index contributed by atoms with van der Waals surface area (Å²) in [4.78, 5) is 23.3. The number of urea groups is 1. The van der Waals surface area contributed by atoms with E-state index in [0.29, 0.717) is 0 Å². The SMILES string of the molecule is CCC(C)N1C(=O)CNC1=O. The minimum absolute atomic E-state index is 0.0185. The number of carbonyl (C=O) groups excluding carboxylic acids is 2. The Balaban J connectivity index is 2.68. The van der Waals surface area contributed by atoms with E-state index in [2.05, 4.69) is 5.32 Å². The number of nitrogens with zero attached hydrogens (tertiary/aromatic N) is 1. The third-order valence-electron chi connectivity index (χ3n) is 1.91. The molecule has 0 radical (unpaired) electrons. The van der Waals surface area contributed by atoms with Gasteiger partial charge in [0.05, 0.1) is 6.54 Å². The molecule has 11 heavy (non-hydrogen) atoms. The molecule has 0 aromatic carbocycles. The first-order valence-electron chi connectivity index (χ1n) is 3.76. The van der Waals surface area contributed by atoms with E-state index in [1.54, 1.807) is 0 Å². The maximum Gasteiger partial charge on any atom is 0.324 e. The van der Waals surface area contributed by atoms with Crippen molar-refractivity contribution in [2.75, 3.05) is 6.54 Å². The molecule has 1 rings (SSSR count). The molecule has 3 amide bonds. The maximum atomic E-state index is 11.0. The molecule has 1 atom stereocenters. The van der Waals surface area contributed by atoms with E-state index in [4.69, 9.17) is 0 Å². The van der Waals surface area contributed by atoms with Crippen molar-refractivity contribution in [1.82, 2.24) is 10.2 Å². The first kappa shape index (κ1) is 8.04. The van der Waals surface area contributed by atoms with Crippen LogP contribution in [0.2, 0.25) is 0 Å². The van der Waals surface area contributed by atoms with E-state index in [0.717, 1.165) is 6.42 Å². The van der Waals surface area contributed by atoms with Crippen molar-refractivity contribution in [3.05, 3.63) is 0 Å². The zero-order valence-corrected chi connectivity index (χ0v) is 6.76. The number of carbonyl (C=O) groups is 2. The van der Waals surface area contributed by atoms with Crippen LogP contribution in [0.25, 0.3) is 0 Å². The Bertz CT molecular complexity index is 175. The molecule has 0 bridgehead atoms. The minimum Gasteiger partial charge on any atom is -0.329 e. The van der Waals surface area contributed by atoms with Crippen LogP contribution in [0.1, 0.15) is 20.3 Å². The molecule has 0 saturated carbocycles. The zero-order chi connectivity index (χ0) is 8.43. The molecule has 62 valence electrons. The van der Waals surface area contributed by atoms with E-state index >= 15 is 0 Å². The highest BCUT2D eigenvalue weighted by Gasteiger charge is 2.31. The standard InChI is InChI=1S/C7H12N2O2/c1-3-5(2)9-6(10)4-8-7(9)11/h5H,3-4H2,1-2H3,(H,8,11). The van der Waals surface area contributed by atoms with Crippen LogP contribution in [0.3, 0.4) is 0 Å². The Hall–Kier alpha value is -1.06. The first-order valence-corrected chi connectivity index (χ1v) is 3.76. The summed E-state index contributed by atoms with van der Waals surface area (Å²) in [6, 6.07) is -0.241. The summed E-state index contributed by atoms with van der Waals surface area (Å²) in [6.45, 7) is 3.97. The highest BCUT2D eigenvalue weighted by atomic mass is 16.2. The summed E-state index contributed by atoms with van der Waals surface area (Å²) in [5.41, 5.74) is 0. The van der Waals surface area contributed by atoms with Crippen LogP contribution in [-0.4, -0.2) is 29.4 Å². The van der Waals surface area contributed by atoms with E-state index in [9.17, 15) is 9.59 Å². The summed E-state index contributed by atoms with van der Waals surface area (Å²) in [5, 5.41) is 2.47. The molecule has 1 unspecified atom stereocenters. The zero-order valence-electron chi connectivity index (χ0n) is 6.76. The molecular weight excluding hydrogens is 144 g/mol. The molecule has 0 spiro atoms. The molecule has 1 heterocycles. The second-order valence-corrected chi connectivity index (χ2v) is 2.68. The van der Waals surface area contributed by atoms with Gasteiger partial charge in [0, 0.05) is 6.04 Å². The van der Waals surface area contributed by atoms with Crippen molar-refractivity contribution in [3.8, 4) is 0 Å². The van der Waals surface area contributed by atoms with Gasteiger partial charge in [0.15, 0.2) is 0 Å². The molecule has 4 nitrogen and oxygen atoms in total. The Morgan fingerprint density at radius 3 is 2.64 bits per heavy atom. The molecule has 0 aliphatic carbocycles. The molecule has 1 saturated heterocycles. The van der Waals surface area contributed by atoms with Gasteiger partial charge < -0.3 is 5.32 Å². The molecule has 1 N–H and O–H groups in total. The first-order chi connectivity index (χ1) is 5.16. The molecule has 1 aliphatic rings. The van der Waals surface area contributed by atoms with Crippen LogP contribution in [0.4, 0.5) is 4.79 Å². The summed E-state index contributed by atoms with van der Waals surface area (Å²) in [5.74, 6) is -0.121. The van der Waals surface area contributed by atoms with E-state index in [1.807, 2.05) is 13.8 Å². The van der Waals surface area contributed by atoms with E-state index < -0.39 is 0 Å². The van der Waals surface area contributed by atoms with Gasteiger partial charge in [-0.3, -0.25) is 9.69 Å². The van der Waals surface area contributed by atoms with Crippen LogP contribution in [0, 0.1) is 0 Å². The largest absolute Gasteiger partial charge is 0.329 e. The summed E-state index contributed by atoms with van der Waals surface area (Å²) in [7, 11) is 0. The smallest absolute Gasteiger partial charge is 0.324 e. The average Bonchev–Trinajstić information content (AvgIpc) is 2.30. The van der Waals surface area contributed by atoms with Crippen LogP contribution in [0.15, 0.2) is 0 Å². The highest BCUT2D eigenvalue weighted by Crippen LogP contribution is 2.07. The summed E-state index contributed by atoms with van der Waals surface area (Å²) < 4.78 is 0. The number of imide groups is 1. The van der Waals surface area contributed by atoms with Gasteiger partial charge >= 0.3 is 6.03 Å². The maximum absolute atomic E-state index is 11.0. The third-order valence-corrected chi connectivity index (χ3v) is 1.91. The second kappa shape index (κ2) is 2.90. The van der Waals surface area contributed by atoms with Gasteiger partial charge in [0.2, 0.25) is 5.91 Å². The topological polar surface area (TPSA) is 49.4 Å². The number of nitrogens with one attached hydrogen (secondary N) is 1. The van der Waals surface area contributed by atoms with Gasteiger partial charge in [-0.05, 0) is 13.3 Å². The number of hydrogen-bond acceptors (Lipinski definition) is 2. The Kier molecular flexibility index (Phi) is 2.12. The van der Waals surface area contributed by atoms with Gasteiger partial charge in [-0.25, -0.2) is 4.79 Å². The third kappa shape index (κ3) is 1.34. The predicted octanol–water partition coefficient (Wildman–Crippen LogP) is 0.337. The lowest BCUT2D eigenvalue weighted by Crippen LogP contribution is -2.38. The molecule has 1 aliphatic heterocycles. The fourth-order valence-electron chi connectivity index (χ4n) is 1.06. The average molecular weight is 156 g/mol. The van der Waals surface area contributed by atoms with Crippen molar-refractivity contribution in [1.29, 1.82) is 0 Å². The Labute approximate surface area is 65.6 Å². The number of hydrogen-bond donors (Lipinski definition) is 1. The predicted molar refractivity (Wildman–Crippen MR) is 40.0 cm³/mol. The van der Waals surface area contributed by atoms with Gasteiger partial charge in [0.1, 0.15) is 0 Å². The monoisotopic (exact) mass is 156 g/mol. The fraction of sp³-hybridized carbons (Fsp3) is 0.714. The van der Waals surface area contributed by atoms with Gasteiger partial charge in [-0.15, -0.1) is 0 Å². The Morgan fingerprint density at radius 1 is 1.64 bits per heavy atom. The lowest BCUT2D eigenvalue weighted by Gasteiger charge is -2.18. The quantitative estimate of drug-likeness (QED) is 0.586. The normalized spacial score (nSPS) is 20.4. The molecule has 0 aromatic rings. The van der Waals surface area contributed by atoms with Crippen molar-refractivity contribution < 1.29 is 9.59 Å². The van der Waals surface area contributed by atoms with Gasteiger partial charge in [-0.2, -0.15) is 0 Å². The van der Waals surface area contributed by atoms with Crippen molar-refractivity contribution in [2.24, 2.45) is 0 Å². The lowest BCUT2D eigenvalue weighted by molar-refractivity contribution is -0.126. The van der Waals surface area contributed by atoms with Gasteiger partial charge in [-0.1, -0.05) is 6.92 Å². The molecule has 4 heteroatoms. The van der Waals surface area contributed by atoms with E-state index in [-0.39, 0.29) is 24.5 Å². The Morgan fingerprint density at radius 2 is 2.27 bits per heavy atom. The van der Waals surface area contributed by atoms with Crippen molar-refractivity contribution >= 4 is 11.9 Å². The minimum atomic E-state index is -0.260.